The van der Waals surface area contributed by atoms with Gasteiger partial charge in [0, 0.05) is 18.6 Å². The summed E-state index contributed by atoms with van der Waals surface area (Å²) in [6.45, 7) is 1.89. The van der Waals surface area contributed by atoms with Crippen molar-refractivity contribution in [2.24, 2.45) is 17.8 Å². The molecule has 1 aliphatic carbocycles. The molecule has 0 radical (unpaired) electrons. The van der Waals surface area contributed by atoms with Gasteiger partial charge < -0.3 is 20.1 Å². The van der Waals surface area contributed by atoms with Crippen molar-refractivity contribution in [1.29, 1.82) is 0 Å². The number of amides is 2. The average Bonchev–Trinajstić information content (AvgIpc) is 3.16. The highest BCUT2D eigenvalue weighted by Crippen LogP contribution is 2.47. The van der Waals surface area contributed by atoms with Crippen molar-refractivity contribution in [1.82, 2.24) is 0 Å². The van der Waals surface area contributed by atoms with Crippen LogP contribution in [-0.4, -0.2) is 53.6 Å². The number of anilines is 1. The van der Waals surface area contributed by atoms with Crippen LogP contribution in [0.1, 0.15) is 38.2 Å². The van der Waals surface area contributed by atoms with E-state index < -0.39 is 23.9 Å². The Morgan fingerprint density at radius 1 is 1.11 bits per heavy atom. The first-order chi connectivity index (χ1) is 17.9. The second kappa shape index (κ2) is 11.9. The van der Waals surface area contributed by atoms with E-state index in [1.165, 1.54) is 4.90 Å². The summed E-state index contributed by atoms with van der Waals surface area (Å²) in [6, 6.07) is 15.9. The fourth-order valence-electron chi connectivity index (χ4n) is 5.76. The number of nitrogens with zero attached hydrogens (tertiary/aromatic N) is 1. The Hall–Kier alpha value is -3.26. The van der Waals surface area contributed by atoms with Crippen LogP contribution in [-0.2, 0) is 14.3 Å². The number of imide groups is 1. The molecule has 196 valence electrons. The van der Waals surface area contributed by atoms with Gasteiger partial charge in [0.25, 0.3) is 0 Å². The van der Waals surface area contributed by atoms with Crippen molar-refractivity contribution in [3.8, 4) is 5.75 Å². The van der Waals surface area contributed by atoms with E-state index in [4.69, 9.17) is 4.74 Å². The monoisotopic (exact) mass is 505 g/mol. The van der Waals surface area contributed by atoms with Gasteiger partial charge in [0.1, 0.15) is 5.75 Å². The van der Waals surface area contributed by atoms with E-state index in [0.29, 0.717) is 30.5 Å². The summed E-state index contributed by atoms with van der Waals surface area (Å²) in [5, 5.41) is 32.0. The minimum absolute atomic E-state index is 0.199. The molecular formula is C30H35NO6. The summed E-state index contributed by atoms with van der Waals surface area (Å²) < 4.78 is 5.42. The molecule has 2 aromatic rings. The number of methoxy groups -OCH3 is 1. The van der Waals surface area contributed by atoms with E-state index in [-0.39, 0.29) is 30.8 Å². The number of phenolic OH excluding ortho intramolecular Hbond substituents is 1. The predicted molar refractivity (Wildman–Crippen MR) is 142 cm³/mol. The van der Waals surface area contributed by atoms with Crippen LogP contribution in [0.3, 0.4) is 0 Å². The van der Waals surface area contributed by atoms with E-state index in [1.54, 1.807) is 43.5 Å². The maximum absolute atomic E-state index is 13.5. The first kappa shape index (κ1) is 26.8. The number of carbonyl (C=O) groups is 2. The molecule has 1 fully saturated rings. The lowest BCUT2D eigenvalue weighted by Gasteiger charge is -2.36. The quantitative estimate of drug-likeness (QED) is 0.332. The Balaban J connectivity index is 1.60. The van der Waals surface area contributed by atoms with Gasteiger partial charge in [-0.15, -0.1) is 0 Å². The largest absolute Gasteiger partial charge is 0.507 e. The van der Waals surface area contributed by atoms with Crippen molar-refractivity contribution >= 4 is 23.6 Å². The molecule has 2 aliphatic rings. The average molecular weight is 506 g/mol. The number of carbonyl (C=O) groups excluding carboxylic acids is 2. The molecule has 37 heavy (non-hydrogen) atoms. The van der Waals surface area contributed by atoms with Crippen molar-refractivity contribution in [3.63, 3.8) is 0 Å². The molecule has 0 saturated carbocycles. The summed E-state index contributed by atoms with van der Waals surface area (Å²) in [6.07, 6.45) is 3.04. The number of ether oxygens (including phenoxy) is 1. The number of hydrogen-bond donors (Lipinski definition) is 3. The first-order valence-electron chi connectivity index (χ1n) is 12.8. The zero-order valence-corrected chi connectivity index (χ0v) is 21.3. The van der Waals surface area contributed by atoms with Gasteiger partial charge in [-0.2, -0.15) is 0 Å². The van der Waals surface area contributed by atoms with Crippen molar-refractivity contribution in [2.45, 2.75) is 38.7 Å². The van der Waals surface area contributed by atoms with Crippen molar-refractivity contribution in [2.75, 3.05) is 25.2 Å². The summed E-state index contributed by atoms with van der Waals surface area (Å²) in [4.78, 5) is 28.1. The fraction of sp³-hybridized carbons (Fsp3) is 0.400. The van der Waals surface area contributed by atoms with Crippen LogP contribution >= 0.6 is 0 Å². The number of para-hydroxylation sites is 2. The lowest BCUT2D eigenvalue weighted by atomic mass is 9.68. The molecule has 0 spiro atoms. The third-order valence-corrected chi connectivity index (χ3v) is 7.56. The predicted octanol–water partition coefficient (Wildman–Crippen LogP) is 4.09. The highest BCUT2D eigenvalue weighted by atomic mass is 16.5. The number of allylic oxidation sites excluding steroid dienone is 1. The third-order valence-electron chi connectivity index (χ3n) is 7.56. The van der Waals surface area contributed by atoms with Gasteiger partial charge in [0.15, 0.2) is 0 Å². The number of aliphatic hydroxyl groups excluding tert-OH is 2. The number of benzene rings is 2. The highest BCUT2D eigenvalue weighted by Gasteiger charge is 2.55. The molecule has 3 N–H and O–H groups in total. The second-order valence-corrected chi connectivity index (χ2v) is 9.73. The lowest BCUT2D eigenvalue weighted by Crippen LogP contribution is -2.39. The number of hydrogen-bond acceptors (Lipinski definition) is 6. The molecule has 7 nitrogen and oxygen atoms in total. The maximum Gasteiger partial charge on any atom is 0.238 e. The standard InChI is InChI=1S/C30H35NO6/c1-3-19(15-20-9-7-8-12-25(20)33)13-14-26(34)27-21(18-37-2)16-23-28(24(27)17-32)30(36)31(29(23)35)22-10-5-4-6-11-22/h4-12,15,23-24,26,28,32-34H,3,13-14,16-18H2,1-2H3/b19-15+/t23-,24+,26-,28-/m1/s1. The smallest absolute Gasteiger partial charge is 0.238 e. The Morgan fingerprint density at radius 2 is 1.81 bits per heavy atom. The summed E-state index contributed by atoms with van der Waals surface area (Å²) >= 11 is 0. The molecule has 0 bridgehead atoms. The second-order valence-electron chi connectivity index (χ2n) is 9.73. The van der Waals surface area contributed by atoms with Gasteiger partial charge in [-0.25, -0.2) is 0 Å². The van der Waals surface area contributed by atoms with Gasteiger partial charge in [0.2, 0.25) is 11.8 Å². The molecule has 4 atom stereocenters. The molecule has 1 heterocycles. The van der Waals surface area contributed by atoms with Gasteiger partial charge in [0.05, 0.1) is 36.8 Å². The fourth-order valence-corrected chi connectivity index (χ4v) is 5.76. The molecule has 2 aromatic carbocycles. The third kappa shape index (κ3) is 5.39. The minimum atomic E-state index is -0.906. The van der Waals surface area contributed by atoms with Crippen LogP contribution in [0.5, 0.6) is 5.75 Å². The molecular weight excluding hydrogens is 470 g/mol. The molecule has 2 amide bonds. The Morgan fingerprint density at radius 3 is 2.46 bits per heavy atom. The molecule has 0 unspecified atom stereocenters. The Labute approximate surface area is 217 Å². The van der Waals surface area contributed by atoms with Crippen LogP contribution < -0.4 is 4.90 Å². The molecule has 7 heteroatoms. The van der Waals surface area contributed by atoms with E-state index in [0.717, 1.165) is 23.1 Å². The first-order valence-corrected chi connectivity index (χ1v) is 12.8. The molecule has 1 aliphatic heterocycles. The van der Waals surface area contributed by atoms with Crippen LogP contribution in [0, 0.1) is 17.8 Å². The van der Waals surface area contributed by atoms with Crippen LogP contribution in [0.2, 0.25) is 0 Å². The molecule has 0 aromatic heterocycles. The number of aromatic hydroxyl groups is 1. The highest BCUT2D eigenvalue weighted by molar-refractivity contribution is 6.22. The SMILES string of the molecule is CC/C(=C\c1ccccc1O)CC[C@@H](O)C1=C(COC)C[C@H]2C(=O)N(c3ccccc3)C(=O)[C@H]2[C@H]1CO. The van der Waals surface area contributed by atoms with Gasteiger partial charge in [-0.3, -0.25) is 14.5 Å². The number of phenols is 1. The molecule has 1 saturated heterocycles. The number of fused-ring (bicyclic) bond motifs is 1. The summed E-state index contributed by atoms with van der Waals surface area (Å²) in [5.41, 5.74) is 3.68. The van der Waals surface area contributed by atoms with Crippen molar-refractivity contribution < 1.29 is 29.6 Å². The normalized spacial score (nSPS) is 23.0. The van der Waals surface area contributed by atoms with E-state index in [1.807, 2.05) is 31.2 Å². The molecule has 4 rings (SSSR count). The van der Waals surface area contributed by atoms with E-state index in [2.05, 4.69) is 0 Å². The minimum Gasteiger partial charge on any atom is -0.507 e. The topological polar surface area (TPSA) is 107 Å². The maximum atomic E-state index is 13.5. The number of rotatable bonds is 10. The Bertz CT molecular complexity index is 1190. The van der Waals surface area contributed by atoms with Crippen LogP contribution in [0.25, 0.3) is 6.08 Å². The van der Waals surface area contributed by atoms with Gasteiger partial charge in [-0.1, -0.05) is 55.0 Å². The van der Waals surface area contributed by atoms with Crippen molar-refractivity contribution in [3.05, 3.63) is 76.9 Å². The summed E-state index contributed by atoms with van der Waals surface area (Å²) in [7, 11) is 1.55. The van der Waals surface area contributed by atoms with Crippen LogP contribution in [0.15, 0.2) is 71.3 Å². The lowest BCUT2D eigenvalue weighted by molar-refractivity contribution is -0.123. The summed E-state index contributed by atoms with van der Waals surface area (Å²) in [5.74, 6) is -2.42. The van der Waals surface area contributed by atoms with Gasteiger partial charge in [-0.05, 0) is 55.0 Å². The van der Waals surface area contributed by atoms with Gasteiger partial charge >= 0.3 is 0 Å². The van der Waals surface area contributed by atoms with Crippen LogP contribution in [0.4, 0.5) is 5.69 Å². The van der Waals surface area contributed by atoms with E-state index >= 15 is 0 Å². The number of aliphatic hydroxyl groups is 2. The zero-order chi connectivity index (χ0) is 26.5. The zero-order valence-electron chi connectivity index (χ0n) is 21.3. The Kier molecular flexibility index (Phi) is 8.59. The van der Waals surface area contributed by atoms with E-state index in [9.17, 15) is 24.9 Å².